The van der Waals surface area contributed by atoms with E-state index in [1.807, 2.05) is 6.92 Å². The lowest BCUT2D eigenvalue weighted by Gasteiger charge is -2.38. The highest BCUT2D eigenvalue weighted by molar-refractivity contribution is 5.67. The Morgan fingerprint density at radius 2 is 1.92 bits per heavy atom. The Labute approximate surface area is 154 Å². The highest BCUT2D eigenvalue weighted by Gasteiger charge is 2.39. The first-order valence-electron chi connectivity index (χ1n) is 9.27. The van der Waals surface area contributed by atoms with Crippen molar-refractivity contribution in [1.82, 2.24) is 0 Å². The second-order valence-corrected chi connectivity index (χ2v) is 7.78. The van der Waals surface area contributed by atoms with E-state index in [9.17, 15) is 10.1 Å². The molecule has 0 spiro atoms. The molecule has 2 aliphatic rings. The van der Waals surface area contributed by atoms with Gasteiger partial charge in [-0.05, 0) is 47.4 Å². The molecule has 0 saturated carbocycles. The molecule has 4 nitrogen and oxygen atoms in total. The van der Waals surface area contributed by atoms with Crippen LogP contribution in [0.4, 0.5) is 11.4 Å². The van der Waals surface area contributed by atoms with E-state index in [0.29, 0.717) is 11.8 Å². The monoisotopic (exact) mass is 348 g/mol. The fourth-order valence-electron chi connectivity index (χ4n) is 4.39. The number of non-ortho nitro benzene ring substituents is 1. The molecule has 134 valence electrons. The Morgan fingerprint density at radius 3 is 2.58 bits per heavy atom. The van der Waals surface area contributed by atoms with E-state index in [1.165, 1.54) is 11.1 Å². The van der Waals surface area contributed by atoms with Gasteiger partial charge in [0.1, 0.15) is 0 Å². The quantitative estimate of drug-likeness (QED) is 0.430. The molecule has 1 heterocycles. The highest BCUT2D eigenvalue weighted by Crippen LogP contribution is 2.51. The van der Waals surface area contributed by atoms with Gasteiger partial charge >= 0.3 is 0 Å². The number of nitrogens with zero attached hydrogens (tertiary/aromatic N) is 1. The highest BCUT2D eigenvalue weighted by atomic mass is 16.6. The van der Waals surface area contributed by atoms with Crippen molar-refractivity contribution in [3.63, 3.8) is 0 Å². The Kier molecular flexibility index (Phi) is 4.06. The molecule has 0 radical (unpaired) electrons. The van der Waals surface area contributed by atoms with Crippen molar-refractivity contribution < 1.29 is 4.92 Å². The topological polar surface area (TPSA) is 55.2 Å². The third kappa shape index (κ3) is 2.70. The van der Waals surface area contributed by atoms with E-state index in [-0.39, 0.29) is 22.6 Å². The molecule has 26 heavy (non-hydrogen) atoms. The van der Waals surface area contributed by atoms with Crippen LogP contribution in [0.5, 0.6) is 0 Å². The van der Waals surface area contributed by atoms with Crippen LogP contribution in [0.25, 0.3) is 0 Å². The predicted molar refractivity (Wildman–Crippen MR) is 105 cm³/mol. The van der Waals surface area contributed by atoms with Gasteiger partial charge in [-0.1, -0.05) is 50.3 Å². The number of hydrogen-bond donors (Lipinski definition) is 1. The lowest BCUT2D eigenvalue weighted by molar-refractivity contribution is -0.385. The van der Waals surface area contributed by atoms with Crippen molar-refractivity contribution in [3.05, 3.63) is 80.9 Å². The zero-order valence-electron chi connectivity index (χ0n) is 15.4. The van der Waals surface area contributed by atoms with Gasteiger partial charge in [0.15, 0.2) is 0 Å². The zero-order chi connectivity index (χ0) is 18.4. The molecular formula is C22H24N2O2. The maximum atomic E-state index is 11.3. The first kappa shape index (κ1) is 16.8. The number of nitrogens with one attached hydrogen (secondary N) is 1. The number of nitro benzene ring substituents is 1. The SMILES string of the molecule is Cc1cc([N+](=O)[O-])cc2c1N[C@H](c1ccc(C(C)C)cc1)[C@@H]1CC=C[C@H]21. The average Bonchev–Trinajstić information content (AvgIpc) is 3.11. The van der Waals surface area contributed by atoms with Gasteiger partial charge in [0.25, 0.3) is 5.69 Å². The zero-order valence-corrected chi connectivity index (χ0v) is 15.4. The molecule has 1 N–H and O–H groups in total. The molecule has 1 aliphatic heterocycles. The number of nitro groups is 1. The molecule has 2 aromatic rings. The number of benzene rings is 2. The van der Waals surface area contributed by atoms with E-state index >= 15 is 0 Å². The Bertz CT molecular complexity index is 884. The first-order chi connectivity index (χ1) is 12.5. The summed E-state index contributed by atoms with van der Waals surface area (Å²) in [5.41, 5.74) is 5.87. The average molecular weight is 348 g/mol. The molecule has 4 rings (SSSR count). The third-order valence-corrected chi connectivity index (χ3v) is 5.82. The van der Waals surface area contributed by atoms with Crippen LogP contribution in [0.15, 0.2) is 48.6 Å². The molecule has 2 aromatic carbocycles. The summed E-state index contributed by atoms with van der Waals surface area (Å²) in [6, 6.07) is 12.5. The molecule has 0 unspecified atom stereocenters. The van der Waals surface area contributed by atoms with Crippen molar-refractivity contribution in [2.24, 2.45) is 5.92 Å². The van der Waals surface area contributed by atoms with Crippen LogP contribution in [-0.4, -0.2) is 4.92 Å². The van der Waals surface area contributed by atoms with Gasteiger partial charge in [0.2, 0.25) is 0 Å². The van der Waals surface area contributed by atoms with Crippen molar-refractivity contribution in [2.45, 2.75) is 45.1 Å². The summed E-state index contributed by atoms with van der Waals surface area (Å²) in [6.07, 6.45) is 5.44. The largest absolute Gasteiger partial charge is 0.377 e. The fraction of sp³-hybridized carbons (Fsp3) is 0.364. The second kappa shape index (κ2) is 6.27. The Morgan fingerprint density at radius 1 is 1.19 bits per heavy atom. The maximum absolute atomic E-state index is 11.3. The number of rotatable bonds is 3. The summed E-state index contributed by atoms with van der Waals surface area (Å²) in [7, 11) is 0. The van der Waals surface area contributed by atoms with E-state index in [1.54, 1.807) is 12.1 Å². The van der Waals surface area contributed by atoms with Crippen LogP contribution < -0.4 is 5.32 Å². The number of aryl methyl sites for hydroxylation is 1. The number of anilines is 1. The fourth-order valence-corrected chi connectivity index (χ4v) is 4.39. The van der Waals surface area contributed by atoms with Crippen LogP contribution in [0.1, 0.15) is 60.4 Å². The maximum Gasteiger partial charge on any atom is 0.270 e. The molecule has 4 heteroatoms. The van der Waals surface area contributed by atoms with E-state index in [4.69, 9.17) is 0 Å². The van der Waals surface area contributed by atoms with Crippen LogP contribution in [-0.2, 0) is 0 Å². The smallest absolute Gasteiger partial charge is 0.270 e. The van der Waals surface area contributed by atoms with E-state index < -0.39 is 0 Å². The lowest BCUT2D eigenvalue weighted by atomic mass is 9.76. The Balaban J connectivity index is 1.76. The first-order valence-corrected chi connectivity index (χ1v) is 9.27. The van der Waals surface area contributed by atoms with Crippen LogP contribution in [0.3, 0.4) is 0 Å². The minimum atomic E-state index is -0.294. The van der Waals surface area contributed by atoms with Gasteiger partial charge in [0.05, 0.1) is 11.0 Å². The minimum absolute atomic E-state index is 0.182. The number of hydrogen-bond acceptors (Lipinski definition) is 3. The molecular weight excluding hydrogens is 324 g/mol. The van der Waals surface area contributed by atoms with Crippen LogP contribution in [0.2, 0.25) is 0 Å². The van der Waals surface area contributed by atoms with E-state index in [2.05, 4.69) is 55.6 Å². The van der Waals surface area contributed by atoms with Gasteiger partial charge < -0.3 is 5.32 Å². The van der Waals surface area contributed by atoms with Crippen LogP contribution in [0, 0.1) is 23.0 Å². The van der Waals surface area contributed by atoms with Gasteiger partial charge in [-0.15, -0.1) is 0 Å². The van der Waals surface area contributed by atoms with Gasteiger partial charge in [-0.25, -0.2) is 0 Å². The molecule has 1 aliphatic carbocycles. The second-order valence-electron chi connectivity index (χ2n) is 7.78. The minimum Gasteiger partial charge on any atom is -0.377 e. The molecule has 0 aromatic heterocycles. The molecule has 0 bridgehead atoms. The number of fused-ring (bicyclic) bond motifs is 3. The van der Waals surface area contributed by atoms with E-state index in [0.717, 1.165) is 23.2 Å². The van der Waals surface area contributed by atoms with Gasteiger partial charge in [0, 0.05) is 23.7 Å². The standard InChI is InChI=1S/C22H24N2O2/c1-13(2)15-7-9-16(10-8-15)22-19-6-4-5-18(19)20-12-17(24(25)26)11-14(3)21(20)23-22/h4-5,7-13,18-19,22-23H,6H2,1-3H3/t18-,19+,22+/m0/s1. The molecule has 3 atom stereocenters. The molecule has 0 fully saturated rings. The summed E-state index contributed by atoms with van der Waals surface area (Å²) in [4.78, 5) is 11.0. The van der Waals surface area contributed by atoms with Crippen molar-refractivity contribution in [3.8, 4) is 0 Å². The summed E-state index contributed by atoms with van der Waals surface area (Å²) in [6.45, 7) is 6.37. The summed E-state index contributed by atoms with van der Waals surface area (Å²) in [5.74, 6) is 1.15. The number of allylic oxidation sites excluding steroid dienone is 2. The summed E-state index contributed by atoms with van der Waals surface area (Å²) < 4.78 is 0. The van der Waals surface area contributed by atoms with Gasteiger partial charge in [-0.3, -0.25) is 10.1 Å². The van der Waals surface area contributed by atoms with Crippen molar-refractivity contribution in [2.75, 3.05) is 5.32 Å². The summed E-state index contributed by atoms with van der Waals surface area (Å²) in [5, 5.41) is 15.0. The lowest BCUT2D eigenvalue weighted by Crippen LogP contribution is -2.29. The third-order valence-electron chi connectivity index (χ3n) is 5.82. The molecule has 0 amide bonds. The normalized spacial score (nSPS) is 23.5. The van der Waals surface area contributed by atoms with Crippen LogP contribution >= 0.6 is 0 Å². The Hall–Kier alpha value is -2.62. The predicted octanol–water partition coefficient (Wildman–Crippen LogP) is 5.85. The van der Waals surface area contributed by atoms with Crippen molar-refractivity contribution in [1.29, 1.82) is 0 Å². The van der Waals surface area contributed by atoms with Crippen molar-refractivity contribution >= 4 is 11.4 Å². The molecule has 0 saturated heterocycles. The summed E-state index contributed by atoms with van der Waals surface area (Å²) >= 11 is 0. The van der Waals surface area contributed by atoms with Gasteiger partial charge in [-0.2, -0.15) is 0 Å².